The van der Waals surface area contributed by atoms with Gasteiger partial charge in [0.25, 0.3) is 5.91 Å². The zero-order chi connectivity index (χ0) is 21.4. The van der Waals surface area contributed by atoms with Gasteiger partial charge in [-0.3, -0.25) is 4.79 Å². The van der Waals surface area contributed by atoms with Crippen LogP contribution in [0.2, 0.25) is 0 Å². The van der Waals surface area contributed by atoms with E-state index in [1.165, 1.54) is 11.1 Å². The molecule has 0 saturated carbocycles. The Morgan fingerprint density at radius 1 is 0.900 bits per heavy atom. The summed E-state index contributed by atoms with van der Waals surface area (Å²) >= 11 is 0. The molecule has 3 aromatic rings. The van der Waals surface area contributed by atoms with Gasteiger partial charge in [0.1, 0.15) is 5.75 Å². The topological polar surface area (TPSA) is 29.5 Å². The van der Waals surface area contributed by atoms with Crippen LogP contribution < -0.4 is 9.64 Å². The summed E-state index contributed by atoms with van der Waals surface area (Å²) in [7, 11) is 0. The molecule has 154 valence electrons. The quantitative estimate of drug-likeness (QED) is 0.521. The Kier molecular flexibility index (Phi) is 5.15. The van der Waals surface area contributed by atoms with Gasteiger partial charge in [-0.1, -0.05) is 55.5 Å². The van der Waals surface area contributed by atoms with Crippen LogP contribution in [0.15, 0.2) is 78.9 Å². The maximum absolute atomic E-state index is 13.6. The smallest absolute Gasteiger partial charge is 0.258 e. The molecule has 0 aliphatic carbocycles. The van der Waals surface area contributed by atoms with Gasteiger partial charge >= 0.3 is 0 Å². The minimum atomic E-state index is -0.353. The zero-order valence-electron chi connectivity index (χ0n) is 18.2. The molecule has 0 fully saturated rings. The molecule has 30 heavy (non-hydrogen) atoms. The number of para-hydroxylation sites is 1. The number of nitrogens with zero attached hydrogens (tertiary/aromatic N) is 1. The number of hydrogen-bond donors (Lipinski definition) is 0. The molecule has 4 rings (SSSR count). The molecule has 0 aromatic heterocycles. The Morgan fingerprint density at radius 3 is 2.20 bits per heavy atom. The minimum Gasteiger partial charge on any atom is -0.494 e. The third-order valence-corrected chi connectivity index (χ3v) is 6.16. The van der Waals surface area contributed by atoms with Gasteiger partial charge in [0.05, 0.1) is 6.61 Å². The maximum Gasteiger partial charge on any atom is 0.258 e. The van der Waals surface area contributed by atoms with Gasteiger partial charge in [0, 0.05) is 22.2 Å². The van der Waals surface area contributed by atoms with Crippen molar-refractivity contribution < 1.29 is 9.53 Å². The van der Waals surface area contributed by atoms with E-state index in [9.17, 15) is 4.79 Å². The first-order valence-corrected chi connectivity index (χ1v) is 10.6. The van der Waals surface area contributed by atoms with Crippen LogP contribution in [-0.4, -0.2) is 18.1 Å². The number of fused-ring (bicyclic) bond motifs is 1. The maximum atomic E-state index is 13.6. The summed E-state index contributed by atoms with van der Waals surface area (Å²) in [5.41, 5.74) is 3.55. The first-order chi connectivity index (χ1) is 14.4. The summed E-state index contributed by atoms with van der Waals surface area (Å²) in [6, 6.07) is 26.3. The van der Waals surface area contributed by atoms with Crippen LogP contribution in [0.3, 0.4) is 0 Å². The Labute approximate surface area is 179 Å². The van der Waals surface area contributed by atoms with E-state index >= 15 is 0 Å². The lowest BCUT2D eigenvalue weighted by molar-refractivity contribution is 0.0948. The Morgan fingerprint density at radius 2 is 1.53 bits per heavy atom. The average Bonchev–Trinajstić information content (AvgIpc) is 2.74. The van der Waals surface area contributed by atoms with Crippen LogP contribution in [0.4, 0.5) is 5.69 Å². The largest absolute Gasteiger partial charge is 0.494 e. The molecule has 1 atom stereocenters. The van der Waals surface area contributed by atoms with E-state index in [-0.39, 0.29) is 16.9 Å². The number of carbonyl (C=O) groups excluding carboxylic acids is 1. The van der Waals surface area contributed by atoms with Crippen molar-refractivity contribution >= 4 is 11.6 Å². The fourth-order valence-corrected chi connectivity index (χ4v) is 4.94. The molecule has 0 spiro atoms. The van der Waals surface area contributed by atoms with E-state index in [4.69, 9.17) is 4.74 Å². The molecule has 0 radical (unpaired) electrons. The molecule has 0 unspecified atom stereocenters. The predicted molar refractivity (Wildman–Crippen MR) is 122 cm³/mol. The highest BCUT2D eigenvalue weighted by atomic mass is 16.5. The molecule has 1 amide bonds. The first-order valence-electron chi connectivity index (χ1n) is 10.6. The normalized spacial score (nSPS) is 19.8. The summed E-state index contributed by atoms with van der Waals surface area (Å²) in [5, 5.41) is 0. The van der Waals surface area contributed by atoms with E-state index in [1.54, 1.807) is 0 Å². The fraction of sp³-hybridized carbons (Fsp3) is 0.296. The summed E-state index contributed by atoms with van der Waals surface area (Å²) in [6.45, 7) is 9.26. The second-order valence-corrected chi connectivity index (χ2v) is 8.80. The number of rotatable bonds is 4. The number of ether oxygens (including phenoxy) is 1. The number of anilines is 1. The van der Waals surface area contributed by atoms with Crippen LogP contribution >= 0.6 is 0 Å². The summed E-state index contributed by atoms with van der Waals surface area (Å²) < 4.78 is 5.64. The van der Waals surface area contributed by atoms with Gasteiger partial charge in [-0.25, -0.2) is 0 Å². The Hall–Kier alpha value is -3.07. The highest BCUT2D eigenvalue weighted by Crippen LogP contribution is 2.50. The van der Waals surface area contributed by atoms with Crippen molar-refractivity contribution in [2.24, 2.45) is 0 Å². The second-order valence-electron chi connectivity index (χ2n) is 8.80. The van der Waals surface area contributed by atoms with E-state index in [2.05, 4.69) is 51.1 Å². The summed E-state index contributed by atoms with van der Waals surface area (Å²) in [4.78, 5) is 15.5. The van der Waals surface area contributed by atoms with Crippen LogP contribution in [-0.2, 0) is 5.41 Å². The Balaban J connectivity index is 1.83. The highest BCUT2D eigenvalue weighted by Gasteiger charge is 2.47. The number of benzene rings is 3. The van der Waals surface area contributed by atoms with Gasteiger partial charge in [0.15, 0.2) is 0 Å². The first kappa shape index (κ1) is 20.2. The molecule has 1 aliphatic heterocycles. The lowest BCUT2D eigenvalue weighted by Crippen LogP contribution is -2.55. The third-order valence-electron chi connectivity index (χ3n) is 6.16. The second kappa shape index (κ2) is 7.64. The lowest BCUT2D eigenvalue weighted by Gasteiger charge is -2.51. The summed E-state index contributed by atoms with van der Waals surface area (Å²) in [6.07, 6.45) is 0.823. The van der Waals surface area contributed by atoms with Crippen molar-refractivity contribution in [3.63, 3.8) is 0 Å². The predicted octanol–water partition coefficient (Wildman–Crippen LogP) is 6.22. The fourth-order valence-electron chi connectivity index (χ4n) is 4.94. The Bertz CT molecular complexity index is 1040. The highest BCUT2D eigenvalue weighted by molar-refractivity contribution is 6.08. The molecule has 3 aromatic carbocycles. The molecular weight excluding hydrogens is 370 g/mol. The summed E-state index contributed by atoms with van der Waals surface area (Å²) in [5.74, 6) is 0.927. The van der Waals surface area contributed by atoms with Gasteiger partial charge in [0.2, 0.25) is 0 Å². The van der Waals surface area contributed by atoms with Crippen LogP contribution in [0.1, 0.15) is 55.6 Å². The van der Waals surface area contributed by atoms with Crippen LogP contribution in [0.5, 0.6) is 5.75 Å². The van der Waals surface area contributed by atoms with Crippen LogP contribution in [0, 0.1) is 0 Å². The molecule has 1 aliphatic rings. The van der Waals surface area contributed by atoms with Crippen molar-refractivity contribution in [3.05, 3.63) is 95.6 Å². The zero-order valence-corrected chi connectivity index (χ0v) is 18.2. The van der Waals surface area contributed by atoms with E-state index in [0.29, 0.717) is 12.2 Å². The van der Waals surface area contributed by atoms with Crippen molar-refractivity contribution in [2.75, 3.05) is 11.5 Å². The van der Waals surface area contributed by atoms with Crippen molar-refractivity contribution in [2.45, 2.75) is 45.1 Å². The minimum absolute atomic E-state index is 0.0433. The molecule has 3 nitrogen and oxygen atoms in total. The van der Waals surface area contributed by atoms with Gasteiger partial charge in [-0.2, -0.15) is 0 Å². The molecule has 1 heterocycles. The van der Waals surface area contributed by atoms with Gasteiger partial charge in [-0.05, 0) is 68.7 Å². The van der Waals surface area contributed by atoms with Crippen molar-refractivity contribution in [1.29, 1.82) is 0 Å². The number of hydrogen-bond acceptors (Lipinski definition) is 2. The van der Waals surface area contributed by atoms with Gasteiger partial charge in [-0.15, -0.1) is 0 Å². The molecule has 0 bridgehead atoms. The van der Waals surface area contributed by atoms with E-state index in [0.717, 1.165) is 17.9 Å². The number of amides is 1. The van der Waals surface area contributed by atoms with Gasteiger partial charge < -0.3 is 9.64 Å². The van der Waals surface area contributed by atoms with E-state index < -0.39 is 0 Å². The van der Waals surface area contributed by atoms with Crippen LogP contribution in [0.25, 0.3) is 0 Å². The molecule has 3 heteroatoms. The van der Waals surface area contributed by atoms with Crippen molar-refractivity contribution in [3.8, 4) is 5.75 Å². The number of carbonyl (C=O) groups is 1. The molecule has 0 N–H and O–H groups in total. The monoisotopic (exact) mass is 399 g/mol. The van der Waals surface area contributed by atoms with Crippen molar-refractivity contribution in [1.82, 2.24) is 0 Å². The lowest BCUT2D eigenvalue weighted by atomic mass is 9.65. The standard InChI is InChI=1S/C27H29NO2/c1-5-30-22-17-15-21(16-18-22)27(4)19-26(2,3)28(24-14-10-9-13-23(24)27)25(29)20-11-7-6-8-12-20/h6-18H,5,19H2,1-4H3/t27-/m0/s1. The third kappa shape index (κ3) is 3.39. The average molecular weight is 400 g/mol. The van der Waals surface area contributed by atoms with E-state index in [1.807, 2.05) is 60.4 Å². The molecular formula is C27H29NO2. The SMILES string of the molecule is CCOc1ccc([C@]2(C)CC(C)(C)N(C(=O)c3ccccc3)c3ccccc32)cc1. The molecule has 0 saturated heterocycles.